The number of hydrogen-bond donors (Lipinski definition) is 2. The van der Waals surface area contributed by atoms with E-state index >= 15 is 0 Å². The number of amides is 3. The van der Waals surface area contributed by atoms with Crippen LogP contribution in [-0.4, -0.2) is 24.5 Å². The van der Waals surface area contributed by atoms with Gasteiger partial charge in [-0.3, -0.25) is 14.9 Å². The van der Waals surface area contributed by atoms with Gasteiger partial charge in [-0.05, 0) is 37.5 Å². The number of nitrogens with one attached hydrogen (secondary N) is 2. The highest BCUT2D eigenvalue weighted by Gasteiger charge is 2.21. The lowest BCUT2D eigenvalue weighted by atomic mass is 9.97. The van der Waals surface area contributed by atoms with Crippen LogP contribution in [0.25, 0.3) is 0 Å². The van der Waals surface area contributed by atoms with Crippen molar-refractivity contribution in [3.8, 4) is 0 Å². The molecule has 0 bridgehead atoms. The van der Waals surface area contributed by atoms with Crippen molar-refractivity contribution in [1.82, 2.24) is 5.32 Å². The van der Waals surface area contributed by atoms with Crippen molar-refractivity contribution in [3.05, 3.63) is 65.2 Å². The summed E-state index contributed by atoms with van der Waals surface area (Å²) >= 11 is 0. The Kier molecular flexibility index (Phi) is 7.11. The number of carbonyl (C=O) groups is 3. The van der Waals surface area contributed by atoms with E-state index in [9.17, 15) is 14.4 Å². The second-order valence-corrected chi connectivity index (χ2v) is 6.30. The predicted octanol–water partition coefficient (Wildman–Crippen LogP) is 3.69. The minimum absolute atomic E-state index is 0.442. The molecule has 0 aliphatic rings. The Morgan fingerprint density at radius 3 is 2.37 bits per heavy atom. The van der Waals surface area contributed by atoms with Gasteiger partial charge in [-0.25, -0.2) is 4.79 Å². The molecule has 2 rings (SSSR count). The van der Waals surface area contributed by atoms with Crippen molar-refractivity contribution in [1.29, 1.82) is 0 Å². The summed E-state index contributed by atoms with van der Waals surface area (Å²) in [4.78, 5) is 36.0. The van der Waals surface area contributed by atoms with E-state index in [1.165, 1.54) is 0 Å². The summed E-state index contributed by atoms with van der Waals surface area (Å²) in [5.74, 6) is -1.62. The molecule has 6 nitrogen and oxygen atoms in total. The summed E-state index contributed by atoms with van der Waals surface area (Å²) in [5.41, 5.74) is 3.40. The van der Waals surface area contributed by atoms with E-state index < -0.39 is 30.4 Å². The zero-order valence-corrected chi connectivity index (χ0v) is 15.7. The number of aryl methyl sites for hydroxylation is 2. The third-order valence-corrected chi connectivity index (χ3v) is 4.12. The minimum atomic E-state index is -0.687. The first-order valence-electron chi connectivity index (χ1n) is 8.80. The van der Waals surface area contributed by atoms with Gasteiger partial charge in [0.1, 0.15) is 0 Å². The van der Waals surface area contributed by atoms with Crippen molar-refractivity contribution in [2.75, 3.05) is 11.9 Å². The number of urea groups is 1. The molecule has 2 aromatic rings. The second-order valence-electron chi connectivity index (χ2n) is 6.30. The summed E-state index contributed by atoms with van der Waals surface area (Å²) in [6, 6.07) is 14.1. The fourth-order valence-electron chi connectivity index (χ4n) is 2.73. The maximum Gasteiger partial charge on any atom is 0.325 e. The lowest BCUT2D eigenvalue weighted by Gasteiger charge is -2.14. The van der Waals surface area contributed by atoms with E-state index in [1.807, 2.05) is 63.2 Å². The number of anilines is 1. The van der Waals surface area contributed by atoms with Crippen molar-refractivity contribution in [3.63, 3.8) is 0 Å². The van der Waals surface area contributed by atoms with Crippen LogP contribution in [0.2, 0.25) is 0 Å². The van der Waals surface area contributed by atoms with E-state index in [4.69, 9.17) is 4.74 Å². The van der Waals surface area contributed by atoms with Crippen LogP contribution in [0.4, 0.5) is 10.5 Å². The van der Waals surface area contributed by atoms with Gasteiger partial charge in [0.15, 0.2) is 6.61 Å². The highest BCUT2D eigenvalue weighted by atomic mass is 16.5. The molecule has 2 N–H and O–H groups in total. The average molecular weight is 368 g/mol. The molecule has 0 radical (unpaired) electrons. The molecule has 6 heteroatoms. The number of carbonyl (C=O) groups excluding carboxylic acids is 3. The molecule has 2 aromatic carbocycles. The van der Waals surface area contributed by atoms with Gasteiger partial charge in [-0.1, -0.05) is 55.0 Å². The average Bonchev–Trinajstić information content (AvgIpc) is 2.64. The Balaban J connectivity index is 1.84. The van der Waals surface area contributed by atoms with Crippen LogP contribution in [0.3, 0.4) is 0 Å². The highest BCUT2D eigenvalue weighted by molar-refractivity contribution is 6.02. The van der Waals surface area contributed by atoms with Gasteiger partial charge in [0.25, 0.3) is 5.91 Å². The van der Waals surface area contributed by atoms with Crippen molar-refractivity contribution >= 4 is 23.6 Å². The first kappa shape index (κ1) is 20.2. The van der Waals surface area contributed by atoms with Crippen molar-refractivity contribution < 1.29 is 19.1 Å². The number of imide groups is 1. The molecule has 1 atom stereocenters. The molecule has 0 saturated heterocycles. The standard InChI is InChI=1S/C21H24N2O4/c1-4-17(16-8-6-5-7-9-16)20(25)27-13-19(24)23-21(26)22-18-11-10-14(2)12-15(18)3/h5-12,17H,4,13H2,1-3H3,(H2,22,23,24,26)/t17-/m1/s1. The van der Waals surface area contributed by atoms with E-state index in [-0.39, 0.29) is 0 Å². The largest absolute Gasteiger partial charge is 0.455 e. The van der Waals surface area contributed by atoms with Gasteiger partial charge in [-0.15, -0.1) is 0 Å². The van der Waals surface area contributed by atoms with E-state index in [2.05, 4.69) is 10.6 Å². The molecule has 0 spiro atoms. The Labute approximate surface area is 158 Å². The van der Waals surface area contributed by atoms with E-state index in [0.29, 0.717) is 12.1 Å². The summed E-state index contributed by atoms with van der Waals surface area (Å²) in [6.07, 6.45) is 0.553. The van der Waals surface area contributed by atoms with Gasteiger partial charge in [0.05, 0.1) is 5.92 Å². The number of ether oxygens (including phenoxy) is 1. The smallest absolute Gasteiger partial charge is 0.325 e. The van der Waals surface area contributed by atoms with E-state index in [0.717, 1.165) is 16.7 Å². The zero-order chi connectivity index (χ0) is 19.8. The SMILES string of the molecule is CC[C@@H](C(=O)OCC(=O)NC(=O)Nc1ccc(C)cc1C)c1ccccc1. The third-order valence-electron chi connectivity index (χ3n) is 4.12. The van der Waals surface area contributed by atoms with Crippen LogP contribution in [-0.2, 0) is 14.3 Å². The molecule has 142 valence electrons. The second kappa shape index (κ2) is 9.52. The van der Waals surface area contributed by atoms with Crippen LogP contribution in [0.1, 0.15) is 36.0 Å². The Hall–Kier alpha value is -3.15. The number of rotatable bonds is 6. The molecule has 0 aliphatic heterocycles. The fourth-order valence-corrected chi connectivity index (χ4v) is 2.73. The predicted molar refractivity (Wildman–Crippen MR) is 104 cm³/mol. The lowest BCUT2D eigenvalue weighted by molar-refractivity contribution is -0.149. The maximum atomic E-state index is 12.2. The molecule has 0 aromatic heterocycles. The van der Waals surface area contributed by atoms with Gasteiger partial charge < -0.3 is 10.1 Å². The first-order valence-corrected chi connectivity index (χ1v) is 8.80. The van der Waals surface area contributed by atoms with Crippen molar-refractivity contribution in [2.45, 2.75) is 33.1 Å². The minimum Gasteiger partial charge on any atom is -0.455 e. The van der Waals surface area contributed by atoms with Crippen LogP contribution < -0.4 is 10.6 Å². The van der Waals surface area contributed by atoms with Gasteiger partial charge in [-0.2, -0.15) is 0 Å². The van der Waals surface area contributed by atoms with Crippen LogP contribution in [0.5, 0.6) is 0 Å². The lowest BCUT2D eigenvalue weighted by Crippen LogP contribution is -2.37. The molecule has 3 amide bonds. The topological polar surface area (TPSA) is 84.5 Å². The summed E-state index contributed by atoms with van der Waals surface area (Å²) in [6.45, 7) is 5.17. The van der Waals surface area contributed by atoms with Gasteiger partial charge in [0.2, 0.25) is 0 Å². The molecular weight excluding hydrogens is 344 g/mol. The van der Waals surface area contributed by atoms with E-state index in [1.54, 1.807) is 6.07 Å². The van der Waals surface area contributed by atoms with Gasteiger partial charge in [0, 0.05) is 5.69 Å². The monoisotopic (exact) mass is 368 g/mol. The molecule has 0 fully saturated rings. The Bertz CT molecular complexity index is 818. The van der Waals surface area contributed by atoms with Crippen LogP contribution in [0, 0.1) is 13.8 Å². The molecule has 0 aliphatic carbocycles. The van der Waals surface area contributed by atoms with Crippen LogP contribution in [0.15, 0.2) is 48.5 Å². The Morgan fingerprint density at radius 2 is 1.74 bits per heavy atom. The maximum absolute atomic E-state index is 12.2. The zero-order valence-electron chi connectivity index (χ0n) is 15.7. The van der Waals surface area contributed by atoms with Crippen molar-refractivity contribution in [2.24, 2.45) is 0 Å². The number of hydrogen-bond acceptors (Lipinski definition) is 4. The third kappa shape index (κ3) is 5.95. The van der Waals surface area contributed by atoms with Gasteiger partial charge >= 0.3 is 12.0 Å². The highest BCUT2D eigenvalue weighted by Crippen LogP contribution is 2.20. The van der Waals surface area contributed by atoms with Crippen LogP contribution >= 0.6 is 0 Å². The first-order chi connectivity index (χ1) is 12.9. The summed E-state index contributed by atoms with van der Waals surface area (Å²) in [5, 5.41) is 4.76. The summed E-state index contributed by atoms with van der Waals surface area (Å²) < 4.78 is 5.07. The molecule has 0 unspecified atom stereocenters. The molecular formula is C21H24N2O4. The number of esters is 1. The summed E-state index contributed by atoms with van der Waals surface area (Å²) in [7, 11) is 0. The Morgan fingerprint density at radius 1 is 1.04 bits per heavy atom. The normalized spacial score (nSPS) is 11.4. The molecule has 27 heavy (non-hydrogen) atoms. The molecule has 0 heterocycles. The quantitative estimate of drug-likeness (QED) is 0.762. The number of benzene rings is 2. The molecule has 0 saturated carbocycles. The fraction of sp³-hybridized carbons (Fsp3) is 0.286.